The topological polar surface area (TPSA) is 64.1 Å². The monoisotopic (exact) mass is 385 g/mol. The number of hydrogen-bond acceptors (Lipinski definition) is 4. The number of aliphatic hydroxyl groups excluding tert-OH is 1. The van der Waals surface area contributed by atoms with Crippen LogP contribution in [-0.4, -0.2) is 26.5 Å². The van der Waals surface area contributed by atoms with Crippen LogP contribution in [0.5, 0.6) is 0 Å². The summed E-state index contributed by atoms with van der Waals surface area (Å²) >= 11 is 0. The molecule has 2 aliphatic carbocycles. The second-order valence-electron chi connectivity index (χ2n) is 8.54. The van der Waals surface area contributed by atoms with Crippen molar-refractivity contribution in [1.29, 1.82) is 0 Å². The summed E-state index contributed by atoms with van der Waals surface area (Å²) in [6, 6.07) is 3.54. The summed E-state index contributed by atoms with van der Waals surface area (Å²) in [5.74, 6) is 0.258. The predicted molar refractivity (Wildman–Crippen MR) is 97.5 cm³/mol. The van der Waals surface area contributed by atoms with E-state index in [1.54, 1.807) is 17.1 Å². The van der Waals surface area contributed by atoms with Crippen LogP contribution >= 0.6 is 0 Å². The van der Waals surface area contributed by atoms with E-state index in [2.05, 4.69) is 10.1 Å². The van der Waals surface area contributed by atoms with Crippen LogP contribution in [0.1, 0.15) is 61.9 Å². The van der Waals surface area contributed by atoms with Gasteiger partial charge in [-0.25, -0.2) is 18.4 Å². The van der Waals surface area contributed by atoms with Gasteiger partial charge in [-0.2, -0.15) is 5.10 Å². The fraction of sp³-hybridized carbons (Fsp3) is 0.429. The average molecular weight is 385 g/mol. The van der Waals surface area contributed by atoms with Gasteiger partial charge in [0, 0.05) is 23.0 Å². The Bertz CT molecular complexity index is 1070. The highest BCUT2D eigenvalue weighted by Crippen LogP contribution is 2.60. The van der Waals surface area contributed by atoms with Gasteiger partial charge in [0.1, 0.15) is 17.3 Å². The highest BCUT2D eigenvalue weighted by molar-refractivity contribution is 5.49. The zero-order valence-corrected chi connectivity index (χ0v) is 15.7. The molecule has 1 N–H and O–H groups in total. The van der Waals surface area contributed by atoms with Gasteiger partial charge in [0.05, 0.1) is 30.1 Å². The first-order chi connectivity index (χ1) is 13.4. The van der Waals surface area contributed by atoms with Crippen LogP contribution in [0.25, 0.3) is 5.69 Å². The molecule has 0 unspecified atom stereocenters. The number of oxazole rings is 1. The van der Waals surface area contributed by atoms with Gasteiger partial charge in [0.15, 0.2) is 5.82 Å². The van der Waals surface area contributed by atoms with Gasteiger partial charge in [-0.15, -0.1) is 0 Å². The quantitative estimate of drug-likeness (QED) is 0.738. The van der Waals surface area contributed by atoms with Crippen molar-refractivity contribution in [2.45, 2.75) is 49.9 Å². The van der Waals surface area contributed by atoms with Gasteiger partial charge >= 0.3 is 0 Å². The third kappa shape index (κ3) is 2.25. The Kier molecular flexibility index (Phi) is 3.59. The van der Waals surface area contributed by atoms with Crippen molar-refractivity contribution in [3.8, 4) is 5.69 Å². The largest absolute Gasteiger partial charge is 0.444 e. The van der Waals surface area contributed by atoms with Crippen molar-refractivity contribution in [1.82, 2.24) is 14.8 Å². The summed E-state index contributed by atoms with van der Waals surface area (Å²) in [5.41, 5.74) is 1.32. The lowest BCUT2D eigenvalue weighted by molar-refractivity contribution is 0.192. The van der Waals surface area contributed by atoms with E-state index in [1.165, 1.54) is 12.1 Å². The minimum Gasteiger partial charge on any atom is -0.444 e. The van der Waals surface area contributed by atoms with Gasteiger partial charge in [-0.1, -0.05) is 13.8 Å². The molecule has 0 aliphatic heterocycles. The zero-order valence-electron chi connectivity index (χ0n) is 15.7. The summed E-state index contributed by atoms with van der Waals surface area (Å²) < 4.78 is 35.4. The van der Waals surface area contributed by atoms with Gasteiger partial charge in [0.25, 0.3) is 0 Å². The van der Waals surface area contributed by atoms with Crippen LogP contribution in [0.3, 0.4) is 0 Å². The van der Waals surface area contributed by atoms with Gasteiger partial charge in [-0.3, -0.25) is 0 Å². The van der Waals surface area contributed by atoms with Gasteiger partial charge < -0.3 is 9.52 Å². The van der Waals surface area contributed by atoms with Gasteiger partial charge in [0.2, 0.25) is 5.89 Å². The Morgan fingerprint density at radius 3 is 2.89 bits per heavy atom. The number of hydrogen-bond donors (Lipinski definition) is 1. The Hall–Kier alpha value is -2.54. The van der Waals surface area contributed by atoms with Crippen LogP contribution in [0.2, 0.25) is 0 Å². The summed E-state index contributed by atoms with van der Waals surface area (Å²) in [5, 5.41) is 14.0. The summed E-state index contributed by atoms with van der Waals surface area (Å²) in [6.45, 7) is 3.77. The Balaban J connectivity index is 1.61. The van der Waals surface area contributed by atoms with Crippen molar-refractivity contribution in [2.75, 3.05) is 6.61 Å². The molecule has 5 rings (SSSR count). The fourth-order valence-electron chi connectivity index (χ4n) is 4.68. The molecule has 0 spiro atoms. The number of aliphatic hydroxyl groups is 1. The average Bonchev–Trinajstić information content (AvgIpc) is 3.42. The van der Waals surface area contributed by atoms with Crippen molar-refractivity contribution >= 4 is 0 Å². The molecule has 2 aliphatic rings. The van der Waals surface area contributed by atoms with Crippen molar-refractivity contribution in [3.05, 3.63) is 65.1 Å². The molecule has 0 amide bonds. The highest BCUT2D eigenvalue weighted by Gasteiger charge is 2.55. The van der Waals surface area contributed by atoms with Crippen LogP contribution in [0.15, 0.2) is 35.0 Å². The second-order valence-corrected chi connectivity index (χ2v) is 8.54. The number of aromatic nitrogens is 3. The number of nitrogens with zero attached hydrogens (tertiary/aromatic N) is 3. The van der Waals surface area contributed by atoms with Crippen LogP contribution in [-0.2, 0) is 10.8 Å². The first-order valence-electron chi connectivity index (χ1n) is 9.47. The molecule has 5 nitrogen and oxygen atoms in total. The van der Waals surface area contributed by atoms with E-state index in [-0.39, 0.29) is 23.6 Å². The van der Waals surface area contributed by atoms with Crippen molar-refractivity contribution < 1.29 is 18.3 Å². The maximum Gasteiger partial charge on any atom is 0.205 e. The lowest BCUT2D eigenvalue weighted by Crippen LogP contribution is -2.23. The number of rotatable bonds is 4. The molecular weight excluding hydrogens is 364 g/mol. The lowest BCUT2D eigenvalue weighted by atomic mass is 9.81. The molecule has 146 valence electrons. The molecule has 0 saturated heterocycles. The summed E-state index contributed by atoms with van der Waals surface area (Å²) in [7, 11) is 0. The maximum atomic E-state index is 14.4. The first-order valence-corrected chi connectivity index (χ1v) is 9.47. The molecule has 1 aromatic carbocycles. The van der Waals surface area contributed by atoms with Crippen LogP contribution < -0.4 is 0 Å². The highest BCUT2D eigenvalue weighted by atomic mass is 19.1. The molecule has 2 atom stereocenters. The van der Waals surface area contributed by atoms with E-state index in [9.17, 15) is 13.9 Å². The Morgan fingerprint density at radius 2 is 2.14 bits per heavy atom. The molecule has 1 fully saturated rings. The van der Waals surface area contributed by atoms with Crippen LogP contribution in [0, 0.1) is 11.6 Å². The second kappa shape index (κ2) is 5.73. The van der Waals surface area contributed by atoms with E-state index >= 15 is 0 Å². The molecule has 7 heteroatoms. The summed E-state index contributed by atoms with van der Waals surface area (Å²) in [4.78, 5) is 4.55. The maximum absolute atomic E-state index is 14.4. The predicted octanol–water partition coefficient (Wildman–Crippen LogP) is 3.98. The number of fused-ring (bicyclic) bond motifs is 5. The van der Waals surface area contributed by atoms with E-state index in [0.717, 1.165) is 36.6 Å². The molecule has 1 saturated carbocycles. The molecule has 2 aromatic heterocycles. The van der Waals surface area contributed by atoms with E-state index < -0.39 is 17.0 Å². The number of benzene rings is 1. The van der Waals surface area contributed by atoms with Crippen molar-refractivity contribution in [3.63, 3.8) is 0 Å². The molecule has 3 aromatic rings. The minimum absolute atomic E-state index is 0.0374. The summed E-state index contributed by atoms with van der Waals surface area (Å²) in [6.07, 6.45) is 6.11. The standard InChI is InChI=1S/C21H21F2N3O2/c1-20(2,11-27)17-10-24-19(28-17)21-6-5-12(8-21)18-14(21)9-25-26(18)16-4-3-13(22)7-15(16)23/h3-4,7,9-10,12,27H,5-6,8,11H2,1-2H3/t12-,21+/m1/s1. The minimum atomic E-state index is -0.633. The van der Waals surface area contributed by atoms with E-state index in [1.807, 2.05) is 13.8 Å². The lowest BCUT2D eigenvalue weighted by Gasteiger charge is -2.24. The molecule has 2 heterocycles. The third-order valence-corrected chi connectivity index (χ3v) is 6.34. The van der Waals surface area contributed by atoms with E-state index in [4.69, 9.17) is 4.42 Å². The third-order valence-electron chi connectivity index (χ3n) is 6.34. The SMILES string of the molecule is CC(C)(CO)c1cnc([C@@]23CC[C@H](C2)c2c3cnn2-c2ccc(F)cc2F)o1. The first kappa shape index (κ1) is 17.6. The molecule has 2 bridgehead atoms. The van der Waals surface area contributed by atoms with Crippen LogP contribution in [0.4, 0.5) is 8.78 Å². The zero-order chi connectivity index (χ0) is 19.7. The molecular formula is C21H21F2N3O2. The van der Waals surface area contributed by atoms with E-state index in [0.29, 0.717) is 11.7 Å². The molecule has 0 radical (unpaired) electrons. The number of halogens is 2. The molecule has 28 heavy (non-hydrogen) atoms. The Labute approximate surface area is 161 Å². The normalized spacial score (nSPS) is 23.4. The van der Waals surface area contributed by atoms with Gasteiger partial charge in [-0.05, 0) is 31.4 Å². The smallest absolute Gasteiger partial charge is 0.205 e. The van der Waals surface area contributed by atoms with Crippen molar-refractivity contribution in [2.24, 2.45) is 0 Å². The fourth-order valence-corrected chi connectivity index (χ4v) is 4.68. The Morgan fingerprint density at radius 1 is 1.32 bits per heavy atom.